The van der Waals surface area contributed by atoms with Crippen LogP contribution in [0.1, 0.15) is 96.2 Å². The van der Waals surface area contributed by atoms with Crippen LogP contribution in [-0.4, -0.2) is 45.3 Å². The van der Waals surface area contributed by atoms with Crippen molar-refractivity contribution >= 4 is 24.7 Å². The third-order valence-electron chi connectivity index (χ3n) is 13.3. The zero-order chi connectivity index (χ0) is 28.5. The van der Waals surface area contributed by atoms with Gasteiger partial charge in [0.05, 0.1) is 24.2 Å². The van der Waals surface area contributed by atoms with Gasteiger partial charge in [-0.3, -0.25) is 14.3 Å². The molecule has 2 spiro atoms. The van der Waals surface area contributed by atoms with Gasteiger partial charge in [-0.1, -0.05) is 18.6 Å². The summed E-state index contributed by atoms with van der Waals surface area (Å²) in [4.78, 5) is 22.1. The van der Waals surface area contributed by atoms with Crippen LogP contribution in [0.3, 0.4) is 0 Å². The number of hydrogen-bond acceptors (Lipinski definition) is 6. The Morgan fingerprint density at radius 2 is 1.74 bits per heavy atom. The number of nitrogens with zero attached hydrogens (tertiary/aromatic N) is 3. The maximum atomic E-state index is 14.2. The van der Waals surface area contributed by atoms with Crippen LogP contribution in [0.4, 0.5) is 0 Å². The Balaban J connectivity index is 1.09. The van der Waals surface area contributed by atoms with Gasteiger partial charge in [0.1, 0.15) is 5.69 Å². The second-order valence-corrected chi connectivity index (χ2v) is 16.7. The molecule has 0 N–H and O–H groups in total. The summed E-state index contributed by atoms with van der Waals surface area (Å²) in [5.74, 6) is 4.42. The second-order valence-electron chi connectivity index (χ2n) is 14.9. The molecule has 5 saturated carbocycles. The standard InChI is InChI=1S/C34H44N3O4P/c1-3-40-42(39,41-4-2)13-12-29-31(38)36(30-11-6-5-10-28(30)35-29)26-14-24-8-7-9-25(15-26)37(24)34-18-22-16-32-21-27(32)23(20-34)19-33(32,34)17-22/h5-6,10-13,22-27H,3-4,7-9,14-21H2,1-2H3/b13-12+/t22-,23+,24-,25?,26?,27?,32?,33+,34+/m1/s1. The van der Waals surface area contributed by atoms with E-state index >= 15 is 0 Å². The predicted molar refractivity (Wildman–Crippen MR) is 163 cm³/mol. The summed E-state index contributed by atoms with van der Waals surface area (Å²) in [6.45, 7) is 4.12. The lowest BCUT2D eigenvalue weighted by molar-refractivity contribution is -0.136. The molecule has 0 amide bonds. The number of para-hydroxylation sites is 2. The molecule has 4 unspecified atom stereocenters. The lowest BCUT2D eigenvalue weighted by atomic mass is 9.59. The molecule has 1 aromatic carbocycles. The van der Waals surface area contributed by atoms with Crippen molar-refractivity contribution in [2.45, 2.75) is 108 Å². The van der Waals surface area contributed by atoms with E-state index in [4.69, 9.17) is 14.0 Å². The van der Waals surface area contributed by atoms with E-state index < -0.39 is 7.60 Å². The average Bonchev–Trinajstić information content (AvgIpc) is 3.19. The second kappa shape index (κ2) is 8.90. The minimum atomic E-state index is -3.44. The molecular formula is C34H44N3O4P. The Bertz CT molecular complexity index is 1580. The first kappa shape index (κ1) is 26.6. The van der Waals surface area contributed by atoms with E-state index in [0.29, 0.717) is 34.1 Å². The van der Waals surface area contributed by atoms with Crippen molar-refractivity contribution in [2.75, 3.05) is 13.2 Å². The van der Waals surface area contributed by atoms with Gasteiger partial charge in [0.15, 0.2) is 0 Å². The van der Waals surface area contributed by atoms with Gasteiger partial charge in [0, 0.05) is 29.5 Å². The van der Waals surface area contributed by atoms with Crippen LogP contribution >= 0.6 is 7.60 Å². The fraction of sp³-hybridized carbons (Fsp3) is 0.706. The number of aromatic nitrogens is 2. The van der Waals surface area contributed by atoms with Gasteiger partial charge in [-0.2, -0.15) is 0 Å². The highest BCUT2D eigenvalue weighted by molar-refractivity contribution is 7.57. The molecule has 3 heterocycles. The van der Waals surface area contributed by atoms with Crippen molar-refractivity contribution in [3.8, 4) is 0 Å². The van der Waals surface area contributed by atoms with Gasteiger partial charge in [-0.05, 0) is 125 Å². The molecule has 5 aliphatic carbocycles. The lowest BCUT2D eigenvalue weighted by Gasteiger charge is -2.63. The number of piperidine rings is 2. The maximum absolute atomic E-state index is 14.2. The highest BCUT2D eigenvalue weighted by atomic mass is 31.2. The van der Waals surface area contributed by atoms with Crippen LogP contribution < -0.4 is 5.56 Å². The van der Waals surface area contributed by atoms with E-state index in [2.05, 4.69) is 4.90 Å². The zero-order valence-corrected chi connectivity index (χ0v) is 25.9. The fourth-order valence-corrected chi connectivity index (χ4v) is 14.0. The molecule has 9 rings (SSSR count). The summed E-state index contributed by atoms with van der Waals surface area (Å²) in [6.07, 6.45) is 16.5. The highest BCUT2D eigenvalue weighted by Crippen LogP contribution is 2.93. The normalized spacial score (nSPS) is 43.1. The Morgan fingerprint density at radius 1 is 0.976 bits per heavy atom. The highest BCUT2D eigenvalue weighted by Gasteiger charge is 2.89. The quantitative estimate of drug-likeness (QED) is 0.304. The van der Waals surface area contributed by atoms with Crippen molar-refractivity contribution in [2.24, 2.45) is 28.6 Å². The van der Waals surface area contributed by atoms with Gasteiger partial charge in [-0.15, -0.1) is 0 Å². The van der Waals surface area contributed by atoms with Crippen LogP contribution in [0, 0.1) is 28.6 Å². The zero-order valence-electron chi connectivity index (χ0n) is 25.0. The van der Waals surface area contributed by atoms with E-state index in [1.54, 1.807) is 19.9 Å². The third-order valence-corrected chi connectivity index (χ3v) is 15.1. The molecule has 9 atom stereocenters. The van der Waals surface area contributed by atoms with Gasteiger partial charge in [0.25, 0.3) is 5.56 Å². The lowest BCUT2D eigenvalue weighted by Crippen LogP contribution is -2.68. The Labute approximate surface area is 248 Å². The first-order valence-electron chi connectivity index (χ1n) is 16.7. The predicted octanol–water partition coefficient (Wildman–Crippen LogP) is 7.16. The van der Waals surface area contributed by atoms with E-state index in [9.17, 15) is 9.36 Å². The van der Waals surface area contributed by atoms with Crippen LogP contribution in [0.2, 0.25) is 0 Å². The van der Waals surface area contributed by atoms with Crippen LogP contribution in [0.5, 0.6) is 0 Å². The summed E-state index contributed by atoms with van der Waals surface area (Å²) in [6, 6.07) is 9.27. The Morgan fingerprint density at radius 3 is 2.50 bits per heavy atom. The van der Waals surface area contributed by atoms with Gasteiger partial charge in [0.2, 0.25) is 0 Å². The molecule has 224 valence electrons. The largest absolute Gasteiger partial charge is 0.354 e. The molecule has 2 aromatic rings. The molecule has 7 aliphatic rings. The van der Waals surface area contributed by atoms with Crippen molar-refractivity contribution in [1.29, 1.82) is 0 Å². The van der Waals surface area contributed by atoms with Gasteiger partial charge >= 0.3 is 7.60 Å². The van der Waals surface area contributed by atoms with Crippen molar-refractivity contribution in [3.63, 3.8) is 0 Å². The summed E-state index contributed by atoms with van der Waals surface area (Å²) in [5.41, 5.74) is 3.67. The van der Waals surface area contributed by atoms with E-state index in [0.717, 1.165) is 41.6 Å². The van der Waals surface area contributed by atoms with Crippen molar-refractivity contribution < 1.29 is 13.6 Å². The first-order chi connectivity index (χ1) is 20.4. The number of benzene rings is 1. The summed E-state index contributed by atoms with van der Waals surface area (Å²) < 4.78 is 26.1. The summed E-state index contributed by atoms with van der Waals surface area (Å²) in [7, 11) is -3.44. The monoisotopic (exact) mass is 589 g/mol. The molecule has 7 fully saturated rings. The fourth-order valence-electron chi connectivity index (χ4n) is 12.7. The smallest absolute Gasteiger partial charge is 0.306 e. The minimum Gasteiger partial charge on any atom is -0.306 e. The molecule has 2 aliphatic heterocycles. The number of fused-ring (bicyclic) bond motifs is 7. The minimum absolute atomic E-state index is 0.0996. The topological polar surface area (TPSA) is 73.7 Å². The van der Waals surface area contributed by atoms with Crippen molar-refractivity contribution in [3.05, 3.63) is 46.1 Å². The SMILES string of the molecule is CCOP(=O)(/C=C/c1nc2ccccc2n(C2CC3CCC[C@H](C2)N3[C@@]23C[C@@H]4CC56CC5[C@H](C2)C[C@@]63C4)c1=O)OCC. The average molecular weight is 590 g/mol. The maximum Gasteiger partial charge on any atom is 0.354 e. The molecule has 5 bridgehead atoms. The van der Waals surface area contributed by atoms with Crippen LogP contribution in [-0.2, 0) is 13.6 Å². The van der Waals surface area contributed by atoms with Crippen molar-refractivity contribution in [1.82, 2.24) is 14.5 Å². The molecule has 7 nitrogen and oxygen atoms in total. The number of hydrogen-bond donors (Lipinski definition) is 0. The van der Waals surface area contributed by atoms with E-state index in [1.165, 1.54) is 63.6 Å². The van der Waals surface area contributed by atoms with Crippen LogP contribution in [0.15, 0.2) is 34.9 Å². The van der Waals surface area contributed by atoms with E-state index in [-0.39, 0.29) is 24.8 Å². The van der Waals surface area contributed by atoms with Crippen LogP contribution in [0.25, 0.3) is 17.1 Å². The van der Waals surface area contributed by atoms with Gasteiger partial charge < -0.3 is 13.6 Å². The molecule has 0 radical (unpaired) electrons. The summed E-state index contributed by atoms with van der Waals surface area (Å²) in [5, 5.41) is 0. The Hall–Kier alpha value is -1.79. The molecule has 42 heavy (non-hydrogen) atoms. The molecule has 1 aromatic heterocycles. The molecule has 8 heteroatoms. The number of rotatable bonds is 8. The first-order valence-corrected chi connectivity index (χ1v) is 18.3. The van der Waals surface area contributed by atoms with Gasteiger partial charge in [-0.25, -0.2) is 4.98 Å². The van der Waals surface area contributed by atoms with E-state index in [1.807, 2.05) is 28.8 Å². The Kier molecular flexibility index (Phi) is 5.64. The third kappa shape index (κ3) is 3.27. The molecule has 2 saturated heterocycles. The summed E-state index contributed by atoms with van der Waals surface area (Å²) >= 11 is 0. The molecular weight excluding hydrogens is 545 g/mol.